The van der Waals surface area contributed by atoms with E-state index in [0.717, 1.165) is 40.3 Å². The van der Waals surface area contributed by atoms with E-state index >= 15 is 0 Å². The maximum absolute atomic E-state index is 5.95. The van der Waals surface area contributed by atoms with Crippen molar-refractivity contribution in [2.75, 3.05) is 5.75 Å². The quantitative estimate of drug-likeness (QED) is 0.623. The molecule has 23 heavy (non-hydrogen) atoms. The molecule has 0 saturated heterocycles. The minimum absolute atomic E-state index is 0.725. The van der Waals surface area contributed by atoms with Crippen LogP contribution >= 0.6 is 23.4 Å². The summed E-state index contributed by atoms with van der Waals surface area (Å²) in [6.07, 6.45) is 4.64. The van der Waals surface area contributed by atoms with E-state index in [1.165, 1.54) is 5.56 Å². The molecular formula is C17H17ClN4S. The lowest BCUT2D eigenvalue weighted by Gasteiger charge is -2.07. The lowest BCUT2D eigenvalue weighted by atomic mass is 10.2. The first kappa shape index (κ1) is 16.0. The fraction of sp³-hybridized carbons (Fsp3) is 0.235. The van der Waals surface area contributed by atoms with Crippen LogP contribution in [0.15, 0.2) is 53.9 Å². The van der Waals surface area contributed by atoms with Gasteiger partial charge in [-0.3, -0.25) is 4.98 Å². The zero-order valence-electron chi connectivity index (χ0n) is 12.8. The fourth-order valence-corrected chi connectivity index (χ4v) is 3.42. The predicted octanol–water partition coefficient (Wildman–Crippen LogP) is 4.35. The van der Waals surface area contributed by atoms with Crippen LogP contribution in [0.25, 0.3) is 11.4 Å². The van der Waals surface area contributed by atoms with Crippen LogP contribution in [0, 0.1) is 0 Å². The Hall–Kier alpha value is -1.85. The molecule has 6 heteroatoms. The second-order valence-corrected chi connectivity index (χ2v) is 6.51. The molecule has 0 fully saturated rings. The number of hydrogen-bond acceptors (Lipinski definition) is 4. The highest BCUT2D eigenvalue weighted by atomic mass is 35.5. The normalized spacial score (nSPS) is 10.9. The summed E-state index contributed by atoms with van der Waals surface area (Å²) in [7, 11) is 0. The van der Waals surface area contributed by atoms with Crippen LogP contribution in [0.5, 0.6) is 0 Å². The van der Waals surface area contributed by atoms with Crippen LogP contribution in [0.1, 0.15) is 12.5 Å². The van der Waals surface area contributed by atoms with Gasteiger partial charge in [0.05, 0.1) is 0 Å². The van der Waals surface area contributed by atoms with Gasteiger partial charge in [0.2, 0.25) is 0 Å². The summed E-state index contributed by atoms with van der Waals surface area (Å²) in [5.41, 5.74) is 2.32. The summed E-state index contributed by atoms with van der Waals surface area (Å²) >= 11 is 7.68. The van der Waals surface area contributed by atoms with Crippen molar-refractivity contribution in [3.8, 4) is 11.4 Å². The lowest BCUT2D eigenvalue weighted by Crippen LogP contribution is -2.00. The third-order valence-corrected chi connectivity index (χ3v) is 4.73. The number of benzene rings is 1. The molecule has 4 nitrogen and oxygen atoms in total. The first-order valence-electron chi connectivity index (χ1n) is 7.48. The van der Waals surface area contributed by atoms with E-state index < -0.39 is 0 Å². The molecule has 0 bridgehead atoms. The van der Waals surface area contributed by atoms with Crippen molar-refractivity contribution < 1.29 is 0 Å². The van der Waals surface area contributed by atoms with Gasteiger partial charge in [0, 0.05) is 35.3 Å². The Morgan fingerprint density at radius 3 is 2.48 bits per heavy atom. The predicted molar refractivity (Wildman–Crippen MR) is 94.8 cm³/mol. The van der Waals surface area contributed by atoms with Gasteiger partial charge < -0.3 is 4.57 Å². The molecule has 0 aliphatic heterocycles. The largest absolute Gasteiger partial charge is 0.302 e. The maximum atomic E-state index is 5.95. The second kappa shape index (κ2) is 7.62. The average Bonchev–Trinajstić information content (AvgIpc) is 2.99. The van der Waals surface area contributed by atoms with Gasteiger partial charge in [-0.05, 0) is 55.3 Å². The molecule has 118 valence electrons. The number of nitrogens with zero attached hydrogens (tertiary/aromatic N) is 4. The van der Waals surface area contributed by atoms with Gasteiger partial charge in [-0.15, -0.1) is 10.2 Å². The van der Waals surface area contributed by atoms with Crippen molar-refractivity contribution in [2.45, 2.75) is 25.0 Å². The maximum Gasteiger partial charge on any atom is 0.191 e. The van der Waals surface area contributed by atoms with E-state index in [1.54, 1.807) is 11.8 Å². The molecule has 0 atom stereocenters. The van der Waals surface area contributed by atoms with Crippen molar-refractivity contribution in [3.05, 3.63) is 59.4 Å². The standard InChI is InChI=1S/C17H17ClN4S/c1-2-22-16(14-3-5-15(18)6-4-14)20-21-17(22)23-12-9-13-7-10-19-11-8-13/h3-8,10-11H,2,9,12H2,1H3. The Morgan fingerprint density at radius 2 is 1.78 bits per heavy atom. The number of aryl methyl sites for hydroxylation is 1. The summed E-state index contributed by atoms with van der Waals surface area (Å²) in [6, 6.07) is 11.8. The van der Waals surface area contributed by atoms with Gasteiger partial charge in [0.15, 0.2) is 11.0 Å². The molecule has 0 radical (unpaired) electrons. The molecule has 0 N–H and O–H groups in total. The van der Waals surface area contributed by atoms with Gasteiger partial charge in [-0.25, -0.2) is 0 Å². The Morgan fingerprint density at radius 1 is 1.04 bits per heavy atom. The highest BCUT2D eigenvalue weighted by molar-refractivity contribution is 7.99. The third kappa shape index (κ3) is 3.92. The zero-order valence-corrected chi connectivity index (χ0v) is 14.4. The van der Waals surface area contributed by atoms with Crippen molar-refractivity contribution in [1.29, 1.82) is 0 Å². The lowest BCUT2D eigenvalue weighted by molar-refractivity contribution is 0.687. The minimum atomic E-state index is 0.725. The van der Waals surface area contributed by atoms with Gasteiger partial charge in [-0.2, -0.15) is 0 Å². The molecular weight excluding hydrogens is 328 g/mol. The highest BCUT2D eigenvalue weighted by Gasteiger charge is 2.12. The van der Waals surface area contributed by atoms with Crippen LogP contribution in [0.4, 0.5) is 0 Å². The van der Waals surface area contributed by atoms with E-state index in [1.807, 2.05) is 48.8 Å². The molecule has 0 unspecified atom stereocenters. The van der Waals surface area contributed by atoms with Crippen LogP contribution < -0.4 is 0 Å². The number of halogens is 1. The molecule has 1 aromatic carbocycles. The van der Waals surface area contributed by atoms with Gasteiger partial charge in [0.1, 0.15) is 0 Å². The van der Waals surface area contributed by atoms with E-state index in [-0.39, 0.29) is 0 Å². The van der Waals surface area contributed by atoms with Crippen LogP contribution in [0.2, 0.25) is 5.02 Å². The van der Waals surface area contributed by atoms with E-state index in [4.69, 9.17) is 11.6 Å². The van der Waals surface area contributed by atoms with Crippen molar-refractivity contribution >= 4 is 23.4 Å². The van der Waals surface area contributed by atoms with E-state index in [2.05, 4.69) is 26.7 Å². The van der Waals surface area contributed by atoms with Gasteiger partial charge in [0.25, 0.3) is 0 Å². The smallest absolute Gasteiger partial charge is 0.191 e. The molecule has 3 rings (SSSR count). The van der Waals surface area contributed by atoms with Crippen molar-refractivity contribution in [3.63, 3.8) is 0 Å². The molecule has 0 aliphatic rings. The van der Waals surface area contributed by atoms with Gasteiger partial charge in [-0.1, -0.05) is 23.4 Å². The third-order valence-electron chi connectivity index (χ3n) is 3.51. The van der Waals surface area contributed by atoms with Crippen molar-refractivity contribution in [2.24, 2.45) is 0 Å². The van der Waals surface area contributed by atoms with E-state index in [9.17, 15) is 0 Å². The topological polar surface area (TPSA) is 43.6 Å². The highest BCUT2D eigenvalue weighted by Crippen LogP contribution is 2.25. The van der Waals surface area contributed by atoms with Crippen LogP contribution in [-0.2, 0) is 13.0 Å². The number of hydrogen-bond donors (Lipinski definition) is 0. The van der Waals surface area contributed by atoms with E-state index in [0.29, 0.717) is 0 Å². The molecule has 0 aliphatic carbocycles. The minimum Gasteiger partial charge on any atom is -0.302 e. The fourth-order valence-electron chi connectivity index (χ4n) is 2.30. The Balaban J connectivity index is 1.72. The average molecular weight is 345 g/mol. The number of pyridine rings is 1. The van der Waals surface area contributed by atoms with Crippen LogP contribution in [0.3, 0.4) is 0 Å². The first-order valence-corrected chi connectivity index (χ1v) is 8.85. The van der Waals surface area contributed by atoms with Crippen molar-refractivity contribution in [1.82, 2.24) is 19.7 Å². The molecule has 2 heterocycles. The molecule has 0 spiro atoms. The summed E-state index contributed by atoms with van der Waals surface area (Å²) < 4.78 is 2.14. The molecule has 0 amide bonds. The summed E-state index contributed by atoms with van der Waals surface area (Å²) in [4.78, 5) is 4.04. The number of thioether (sulfide) groups is 1. The second-order valence-electron chi connectivity index (χ2n) is 5.01. The molecule has 3 aromatic rings. The Bertz CT molecular complexity index is 756. The summed E-state index contributed by atoms with van der Waals surface area (Å²) in [5.74, 6) is 1.85. The monoisotopic (exact) mass is 344 g/mol. The van der Waals surface area contributed by atoms with Gasteiger partial charge >= 0.3 is 0 Å². The first-order chi connectivity index (χ1) is 11.3. The zero-order chi connectivity index (χ0) is 16.1. The number of rotatable bonds is 6. The molecule has 0 saturated carbocycles. The van der Waals surface area contributed by atoms with Crippen LogP contribution in [-0.4, -0.2) is 25.5 Å². The SMILES string of the molecule is CCn1c(SCCc2ccncc2)nnc1-c1ccc(Cl)cc1. The molecule has 2 aromatic heterocycles. The summed E-state index contributed by atoms with van der Waals surface area (Å²) in [6.45, 7) is 2.94. The summed E-state index contributed by atoms with van der Waals surface area (Å²) in [5, 5.41) is 10.4. The Kier molecular flexibility index (Phi) is 5.31. The number of aromatic nitrogens is 4. The Labute approximate surface area is 144 Å².